The van der Waals surface area contributed by atoms with Crippen molar-refractivity contribution >= 4 is 0 Å². The average Bonchev–Trinajstić information content (AvgIpc) is 2.39. The van der Waals surface area contributed by atoms with Gasteiger partial charge < -0.3 is 0 Å². The topological polar surface area (TPSA) is 0 Å². The van der Waals surface area contributed by atoms with Crippen molar-refractivity contribution in [3.63, 3.8) is 0 Å². The van der Waals surface area contributed by atoms with E-state index in [1.54, 1.807) is 6.92 Å². The molecule has 2 aliphatic carbocycles. The summed E-state index contributed by atoms with van der Waals surface area (Å²) in [5.41, 5.74) is 0. The fourth-order valence-corrected chi connectivity index (χ4v) is 3.94. The van der Waals surface area contributed by atoms with Crippen LogP contribution in [0, 0.1) is 17.8 Å². The molecule has 2 fully saturated rings. The smallest absolute Gasteiger partial charge is 0.207 e. The van der Waals surface area contributed by atoms with Gasteiger partial charge in [0.15, 0.2) is 0 Å². The van der Waals surface area contributed by atoms with Crippen LogP contribution in [0.2, 0.25) is 0 Å². The second-order valence-electron chi connectivity index (χ2n) is 6.66. The first kappa shape index (κ1) is 14.3. The molecule has 0 aliphatic heterocycles. The molecular weight excluding hydrogens is 230 g/mol. The molecule has 0 amide bonds. The van der Waals surface area contributed by atoms with Gasteiger partial charge in [-0.2, -0.15) is 0 Å². The molecule has 0 radical (unpaired) electrons. The molecule has 0 spiro atoms. The molecule has 1 atom stereocenters. The van der Waals surface area contributed by atoms with Crippen molar-refractivity contribution in [1.29, 1.82) is 0 Å². The highest BCUT2D eigenvalue weighted by Gasteiger charge is 2.42. The van der Waals surface area contributed by atoms with Crippen molar-refractivity contribution in [2.45, 2.75) is 83.5 Å². The van der Waals surface area contributed by atoms with Gasteiger partial charge in [-0.25, -0.2) is 8.78 Å². The summed E-state index contributed by atoms with van der Waals surface area (Å²) < 4.78 is 28.8. The van der Waals surface area contributed by atoms with Gasteiger partial charge >= 0.3 is 0 Å². The lowest BCUT2D eigenvalue weighted by molar-refractivity contribution is -0.0976. The first-order valence-electron chi connectivity index (χ1n) is 7.97. The highest BCUT2D eigenvalue weighted by Crippen LogP contribution is 2.43. The first-order chi connectivity index (χ1) is 8.59. The van der Waals surface area contributed by atoms with E-state index in [1.807, 2.05) is 0 Å². The predicted molar refractivity (Wildman–Crippen MR) is 71.9 cm³/mol. The van der Waals surface area contributed by atoms with Crippen molar-refractivity contribution in [1.82, 2.24) is 0 Å². The van der Waals surface area contributed by atoms with Crippen molar-refractivity contribution in [3.8, 4) is 0 Å². The van der Waals surface area contributed by atoms with Crippen LogP contribution in [-0.2, 0) is 0 Å². The Morgan fingerprint density at radius 3 is 1.94 bits per heavy atom. The van der Waals surface area contributed by atoms with Crippen LogP contribution in [-0.4, -0.2) is 5.92 Å². The lowest BCUT2D eigenvalue weighted by atomic mass is 9.74. The van der Waals surface area contributed by atoms with Crippen LogP contribution < -0.4 is 0 Å². The van der Waals surface area contributed by atoms with Crippen LogP contribution in [0.25, 0.3) is 0 Å². The third-order valence-electron chi connectivity index (χ3n) is 5.31. The van der Waals surface area contributed by atoms with Gasteiger partial charge in [-0.05, 0) is 24.7 Å². The number of rotatable bonds is 4. The van der Waals surface area contributed by atoms with Crippen molar-refractivity contribution in [2.24, 2.45) is 17.8 Å². The molecular formula is C16H28F2. The zero-order chi connectivity index (χ0) is 13.0. The molecule has 18 heavy (non-hydrogen) atoms. The zero-order valence-corrected chi connectivity index (χ0v) is 11.8. The fourth-order valence-electron chi connectivity index (χ4n) is 3.94. The molecule has 2 heteroatoms. The fraction of sp³-hybridized carbons (Fsp3) is 1.00. The second-order valence-corrected chi connectivity index (χ2v) is 6.66. The summed E-state index contributed by atoms with van der Waals surface area (Å²) in [5, 5.41) is 0. The molecule has 2 aliphatic rings. The van der Waals surface area contributed by atoms with E-state index >= 15 is 0 Å². The third-order valence-corrected chi connectivity index (χ3v) is 5.31. The highest BCUT2D eigenvalue weighted by atomic mass is 19.3. The lowest BCUT2D eigenvalue weighted by Gasteiger charge is -2.35. The van der Waals surface area contributed by atoms with Gasteiger partial charge in [0.1, 0.15) is 0 Å². The van der Waals surface area contributed by atoms with Crippen molar-refractivity contribution < 1.29 is 8.78 Å². The summed E-state index contributed by atoms with van der Waals surface area (Å²) in [6, 6.07) is 0. The molecule has 0 aromatic rings. The standard InChI is InChI=1S/C16H28F2/c1-13(15-10-6-3-7-11-15)16(17,18)12-14-8-4-2-5-9-14/h13-15H,2-12H2,1H3. The summed E-state index contributed by atoms with van der Waals surface area (Å²) in [6.45, 7) is 1.80. The normalized spacial score (nSPS) is 26.2. The maximum atomic E-state index is 14.4. The summed E-state index contributed by atoms with van der Waals surface area (Å²) in [7, 11) is 0. The molecule has 1 unspecified atom stereocenters. The molecule has 2 rings (SSSR count). The van der Waals surface area contributed by atoms with Crippen LogP contribution in [0.15, 0.2) is 0 Å². The SMILES string of the molecule is CC(C1CCCCC1)C(F)(F)CC1CCCCC1. The Kier molecular flexibility index (Phi) is 5.03. The molecule has 0 aromatic carbocycles. The lowest BCUT2D eigenvalue weighted by Crippen LogP contribution is -2.35. The summed E-state index contributed by atoms with van der Waals surface area (Å²) in [4.78, 5) is 0. The minimum absolute atomic E-state index is 0.157. The van der Waals surface area contributed by atoms with E-state index in [0.29, 0.717) is 5.92 Å². The van der Waals surface area contributed by atoms with E-state index in [2.05, 4.69) is 0 Å². The molecule has 0 aromatic heterocycles. The molecule has 106 valence electrons. The quantitative estimate of drug-likeness (QED) is 0.597. The average molecular weight is 258 g/mol. The summed E-state index contributed by atoms with van der Waals surface area (Å²) in [6.07, 6.45) is 11.4. The van der Waals surface area contributed by atoms with Gasteiger partial charge in [-0.3, -0.25) is 0 Å². The molecule has 2 saturated carbocycles. The molecule has 0 saturated heterocycles. The van der Waals surface area contributed by atoms with Crippen LogP contribution in [0.4, 0.5) is 8.78 Å². The number of alkyl halides is 2. The first-order valence-corrected chi connectivity index (χ1v) is 7.97. The van der Waals surface area contributed by atoms with Crippen LogP contribution >= 0.6 is 0 Å². The van der Waals surface area contributed by atoms with Gasteiger partial charge in [0.05, 0.1) is 0 Å². The Balaban J connectivity index is 1.86. The largest absolute Gasteiger partial charge is 0.251 e. The zero-order valence-electron chi connectivity index (χ0n) is 11.8. The van der Waals surface area contributed by atoms with E-state index < -0.39 is 11.8 Å². The van der Waals surface area contributed by atoms with E-state index in [1.165, 1.54) is 25.7 Å². The Hall–Kier alpha value is -0.140. The molecule has 0 N–H and O–H groups in total. The van der Waals surface area contributed by atoms with Gasteiger partial charge in [-0.1, -0.05) is 58.3 Å². The van der Waals surface area contributed by atoms with Crippen molar-refractivity contribution in [2.75, 3.05) is 0 Å². The van der Waals surface area contributed by atoms with E-state index in [9.17, 15) is 8.78 Å². The number of halogens is 2. The summed E-state index contributed by atoms with van der Waals surface area (Å²) in [5.74, 6) is -2.26. The minimum Gasteiger partial charge on any atom is -0.207 e. The van der Waals surface area contributed by atoms with Crippen LogP contribution in [0.1, 0.15) is 77.6 Å². The van der Waals surface area contributed by atoms with Crippen LogP contribution in [0.5, 0.6) is 0 Å². The minimum atomic E-state index is -2.43. The molecule has 0 nitrogen and oxygen atoms in total. The van der Waals surface area contributed by atoms with Crippen LogP contribution in [0.3, 0.4) is 0 Å². The molecule has 0 bridgehead atoms. The second kappa shape index (κ2) is 6.34. The van der Waals surface area contributed by atoms with Gasteiger partial charge in [-0.15, -0.1) is 0 Å². The van der Waals surface area contributed by atoms with E-state index in [-0.39, 0.29) is 12.3 Å². The number of hydrogen-bond acceptors (Lipinski definition) is 0. The van der Waals surface area contributed by atoms with E-state index in [0.717, 1.165) is 38.5 Å². The van der Waals surface area contributed by atoms with Gasteiger partial charge in [0.25, 0.3) is 5.92 Å². The Morgan fingerprint density at radius 1 is 0.889 bits per heavy atom. The van der Waals surface area contributed by atoms with Crippen molar-refractivity contribution in [3.05, 3.63) is 0 Å². The Labute approximate surface area is 111 Å². The third kappa shape index (κ3) is 3.68. The Bertz CT molecular complexity index is 237. The number of hydrogen-bond donors (Lipinski definition) is 0. The molecule has 0 heterocycles. The Morgan fingerprint density at radius 2 is 1.39 bits per heavy atom. The summed E-state index contributed by atoms with van der Waals surface area (Å²) >= 11 is 0. The maximum Gasteiger partial charge on any atom is 0.251 e. The predicted octanol–water partition coefficient (Wildman–Crippen LogP) is 5.81. The maximum absolute atomic E-state index is 14.4. The van der Waals surface area contributed by atoms with E-state index in [4.69, 9.17) is 0 Å². The highest BCUT2D eigenvalue weighted by molar-refractivity contribution is 4.84. The monoisotopic (exact) mass is 258 g/mol. The van der Waals surface area contributed by atoms with Gasteiger partial charge in [0.2, 0.25) is 0 Å². The van der Waals surface area contributed by atoms with Gasteiger partial charge in [0, 0.05) is 12.3 Å².